The molecule has 23 heavy (non-hydrogen) atoms. The Morgan fingerprint density at radius 3 is 2.39 bits per heavy atom. The van der Waals surface area contributed by atoms with Crippen LogP contribution in [0.2, 0.25) is 0 Å². The Balaban J connectivity index is 1.90. The Morgan fingerprint density at radius 2 is 1.74 bits per heavy atom. The number of aromatic carboxylic acids is 1. The van der Waals surface area contributed by atoms with Crippen LogP contribution < -0.4 is 0 Å². The number of carboxylic acids is 1. The van der Waals surface area contributed by atoms with Crippen molar-refractivity contribution in [1.82, 2.24) is 0 Å². The van der Waals surface area contributed by atoms with E-state index in [9.17, 15) is 13.8 Å². The van der Waals surface area contributed by atoms with E-state index in [0.29, 0.717) is 11.1 Å². The van der Waals surface area contributed by atoms with Gasteiger partial charge >= 0.3 is 5.97 Å². The van der Waals surface area contributed by atoms with Gasteiger partial charge in [-0.05, 0) is 29.8 Å². The maximum absolute atomic E-state index is 12.1. The first-order valence-corrected chi connectivity index (χ1v) is 9.20. The number of carbonyl (C=O) groups excluding carboxylic acids is 1. The maximum Gasteiger partial charge on any atom is 0.335 e. The van der Waals surface area contributed by atoms with Crippen LogP contribution in [0.15, 0.2) is 53.0 Å². The minimum Gasteiger partial charge on any atom is -0.478 e. The molecule has 0 aliphatic heterocycles. The fourth-order valence-corrected chi connectivity index (χ4v) is 3.41. The molecule has 0 heterocycles. The number of carboxylic acid groups (broad SMARTS) is 1. The molecule has 0 aliphatic carbocycles. The van der Waals surface area contributed by atoms with E-state index in [-0.39, 0.29) is 29.3 Å². The fourth-order valence-electron chi connectivity index (χ4n) is 2.04. The van der Waals surface area contributed by atoms with Gasteiger partial charge in [-0.1, -0.05) is 40.2 Å². The number of hydrogen-bond acceptors (Lipinski definition) is 3. The molecule has 120 valence electrons. The zero-order chi connectivity index (χ0) is 16.8. The number of ketones is 1. The molecule has 0 radical (unpaired) electrons. The number of hydrogen-bond donors (Lipinski definition) is 1. The summed E-state index contributed by atoms with van der Waals surface area (Å²) in [6.07, 6.45) is 0.201. The Morgan fingerprint density at radius 1 is 1.04 bits per heavy atom. The summed E-state index contributed by atoms with van der Waals surface area (Å²) in [5, 5.41) is 8.94. The molecule has 0 saturated carbocycles. The normalized spacial score (nSPS) is 11.9. The second-order valence-corrected chi connectivity index (χ2v) is 7.47. The summed E-state index contributed by atoms with van der Waals surface area (Å²) in [6.45, 7) is 0. The van der Waals surface area contributed by atoms with Crippen LogP contribution >= 0.6 is 15.9 Å². The molecule has 0 aromatic heterocycles. The summed E-state index contributed by atoms with van der Waals surface area (Å²) in [6, 6.07) is 13.4. The fraction of sp³-hybridized carbons (Fsp3) is 0.176. The number of Topliss-reactive ketones (excluding diaryl/α,β-unsaturated/α-hetero) is 1. The molecule has 2 aromatic rings. The van der Waals surface area contributed by atoms with E-state index >= 15 is 0 Å². The standard InChI is InChI=1S/C17H15BrO4S/c18-15-6-4-13(5-7-15)16(19)8-9-23(22)11-12-2-1-3-14(10-12)17(20)21/h1-7,10H,8-9,11H2,(H,20,21). The van der Waals surface area contributed by atoms with Crippen molar-refractivity contribution in [2.24, 2.45) is 0 Å². The van der Waals surface area contributed by atoms with E-state index in [4.69, 9.17) is 5.11 Å². The van der Waals surface area contributed by atoms with E-state index in [0.717, 1.165) is 4.47 Å². The maximum atomic E-state index is 12.1. The average Bonchev–Trinajstić information content (AvgIpc) is 2.53. The summed E-state index contributed by atoms with van der Waals surface area (Å²) in [5.74, 6) is -0.561. The number of halogens is 1. The lowest BCUT2D eigenvalue weighted by atomic mass is 10.1. The molecule has 0 spiro atoms. The Bertz CT molecular complexity index is 741. The van der Waals surface area contributed by atoms with Crippen LogP contribution in [0.1, 0.15) is 32.7 Å². The largest absolute Gasteiger partial charge is 0.478 e. The SMILES string of the molecule is O=C(O)c1cccc(CS(=O)CCC(=O)c2ccc(Br)cc2)c1. The van der Waals surface area contributed by atoms with E-state index in [2.05, 4.69) is 15.9 Å². The van der Waals surface area contributed by atoms with E-state index in [1.807, 2.05) is 0 Å². The van der Waals surface area contributed by atoms with Gasteiger partial charge in [0.1, 0.15) is 0 Å². The van der Waals surface area contributed by atoms with Crippen molar-refractivity contribution < 1.29 is 18.9 Å². The third kappa shape index (κ3) is 5.41. The van der Waals surface area contributed by atoms with Crippen molar-refractivity contribution in [2.45, 2.75) is 12.2 Å². The lowest BCUT2D eigenvalue weighted by molar-refractivity contribution is 0.0696. The molecule has 0 aliphatic rings. The van der Waals surface area contributed by atoms with Gasteiger partial charge in [0.05, 0.1) is 5.56 Å². The van der Waals surface area contributed by atoms with Crippen LogP contribution in [-0.2, 0) is 16.6 Å². The molecule has 4 nitrogen and oxygen atoms in total. The molecule has 1 unspecified atom stereocenters. The van der Waals surface area contributed by atoms with Crippen LogP contribution in [0, 0.1) is 0 Å². The van der Waals surface area contributed by atoms with Crippen LogP contribution in [0.4, 0.5) is 0 Å². The second-order valence-electron chi connectivity index (χ2n) is 4.97. The highest BCUT2D eigenvalue weighted by Gasteiger charge is 2.10. The minimum absolute atomic E-state index is 0.0508. The molecule has 0 amide bonds. The molecule has 0 bridgehead atoms. The van der Waals surface area contributed by atoms with Gasteiger partial charge in [0, 0.05) is 38.8 Å². The van der Waals surface area contributed by atoms with Crippen molar-refractivity contribution in [2.75, 3.05) is 5.75 Å². The molecule has 1 N–H and O–H groups in total. The smallest absolute Gasteiger partial charge is 0.335 e. The third-order valence-electron chi connectivity index (χ3n) is 3.22. The van der Waals surface area contributed by atoms with Crippen LogP contribution in [0.5, 0.6) is 0 Å². The number of carbonyl (C=O) groups is 2. The zero-order valence-electron chi connectivity index (χ0n) is 12.2. The lowest BCUT2D eigenvalue weighted by Crippen LogP contribution is -2.08. The summed E-state index contributed by atoms with van der Waals surface area (Å²) in [5.41, 5.74) is 1.46. The summed E-state index contributed by atoms with van der Waals surface area (Å²) < 4.78 is 13.0. The summed E-state index contributed by atoms with van der Waals surface area (Å²) >= 11 is 3.31. The molecular weight excluding hydrogens is 380 g/mol. The second kappa shape index (κ2) is 8.17. The number of benzene rings is 2. The highest BCUT2D eigenvalue weighted by atomic mass is 79.9. The van der Waals surface area contributed by atoms with Gasteiger partial charge in [0.15, 0.2) is 5.78 Å². The lowest BCUT2D eigenvalue weighted by Gasteiger charge is -2.04. The molecule has 2 rings (SSSR count). The third-order valence-corrected chi connectivity index (χ3v) is 5.07. The van der Waals surface area contributed by atoms with Gasteiger partial charge < -0.3 is 5.11 Å². The molecule has 0 fully saturated rings. The summed E-state index contributed by atoms with van der Waals surface area (Å²) in [4.78, 5) is 22.9. The Labute approximate surface area is 145 Å². The average molecular weight is 395 g/mol. The van der Waals surface area contributed by atoms with Gasteiger partial charge in [-0.3, -0.25) is 9.00 Å². The van der Waals surface area contributed by atoms with Gasteiger partial charge in [0.2, 0.25) is 0 Å². The summed E-state index contributed by atoms with van der Waals surface area (Å²) in [7, 11) is -1.21. The van der Waals surface area contributed by atoms with Crippen LogP contribution in [-0.4, -0.2) is 26.8 Å². The van der Waals surface area contributed by atoms with Crippen molar-refractivity contribution in [3.8, 4) is 0 Å². The number of rotatable bonds is 7. The van der Waals surface area contributed by atoms with Crippen molar-refractivity contribution in [1.29, 1.82) is 0 Å². The van der Waals surface area contributed by atoms with Crippen molar-refractivity contribution >= 4 is 38.5 Å². The predicted octanol–water partition coefficient (Wildman–Crippen LogP) is 3.67. The quantitative estimate of drug-likeness (QED) is 0.727. The Hall–Kier alpha value is -1.79. The zero-order valence-corrected chi connectivity index (χ0v) is 14.6. The highest BCUT2D eigenvalue weighted by molar-refractivity contribution is 9.10. The Kier molecular flexibility index (Phi) is 6.24. The molecule has 6 heteroatoms. The van der Waals surface area contributed by atoms with E-state index in [1.165, 1.54) is 12.1 Å². The van der Waals surface area contributed by atoms with Crippen LogP contribution in [0.25, 0.3) is 0 Å². The monoisotopic (exact) mass is 394 g/mol. The first-order chi connectivity index (χ1) is 11.0. The van der Waals surface area contributed by atoms with Gasteiger partial charge in [-0.15, -0.1) is 0 Å². The topological polar surface area (TPSA) is 71.4 Å². The molecule has 0 saturated heterocycles. The first kappa shape index (κ1) is 17.6. The highest BCUT2D eigenvalue weighted by Crippen LogP contribution is 2.13. The van der Waals surface area contributed by atoms with Gasteiger partial charge in [0.25, 0.3) is 0 Å². The minimum atomic E-state index is -1.21. The first-order valence-electron chi connectivity index (χ1n) is 6.91. The van der Waals surface area contributed by atoms with Crippen molar-refractivity contribution in [3.63, 3.8) is 0 Å². The van der Waals surface area contributed by atoms with Crippen LogP contribution in [0.3, 0.4) is 0 Å². The van der Waals surface area contributed by atoms with Crippen molar-refractivity contribution in [3.05, 3.63) is 69.7 Å². The van der Waals surface area contributed by atoms with Gasteiger partial charge in [-0.25, -0.2) is 4.79 Å². The molecule has 1 atom stereocenters. The van der Waals surface area contributed by atoms with E-state index < -0.39 is 16.8 Å². The van der Waals surface area contributed by atoms with Gasteiger partial charge in [-0.2, -0.15) is 0 Å². The molecular formula is C17H15BrO4S. The predicted molar refractivity (Wildman–Crippen MR) is 93.2 cm³/mol. The molecule has 2 aromatic carbocycles. The van der Waals surface area contributed by atoms with E-state index in [1.54, 1.807) is 36.4 Å².